The van der Waals surface area contributed by atoms with Crippen LogP contribution in [0.4, 0.5) is 10.5 Å². The Balaban J connectivity index is 1.13. The van der Waals surface area contributed by atoms with Crippen molar-refractivity contribution in [2.75, 3.05) is 24.5 Å². The molecule has 3 amide bonds. The normalized spacial score (nSPS) is 17.5. The Labute approximate surface area is 182 Å². The molecule has 2 saturated heterocycles. The molecule has 31 heavy (non-hydrogen) atoms. The van der Waals surface area contributed by atoms with Crippen molar-refractivity contribution in [2.24, 2.45) is 0 Å². The Hall–Kier alpha value is -3.28. The lowest BCUT2D eigenvalue weighted by molar-refractivity contribution is -0.117. The zero-order chi connectivity index (χ0) is 21.2. The van der Waals surface area contributed by atoms with Gasteiger partial charge in [0.05, 0.1) is 0 Å². The van der Waals surface area contributed by atoms with Gasteiger partial charge in [0.25, 0.3) is 0 Å². The molecule has 160 valence electrons. The van der Waals surface area contributed by atoms with Crippen molar-refractivity contribution in [2.45, 2.75) is 38.1 Å². The van der Waals surface area contributed by atoms with E-state index in [-0.39, 0.29) is 11.9 Å². The van der Waals surface area contributed by atoms with Gasteiger partial charge < -0.3 is 20.1 Å². The van der Waals surface area contributed by atoms with Gasteiger partial charge in [-0.1, -0.05) is 30.3 Å². The molecule has 5 rings (SSSR count). The van der Waals surface area contributed by atoms with Gasteiger partial charge in [-0.3, -0.25) is 4.79 Å². The number of hydrogen-bond acceptors (Lipinski definition) is 2. The van der Waals surface area contributed by atoms with Gasteiger partial charge in [-0.15, -0.1) is 0 Å². The van der Waals surface area contributed by atoms with Crippen molar-refractivity contribution in [3.63, 3.8) is 0 Å². The molecule has 3 aromatic rings. The van der Waals surface area contributed by atoms with Crippen LogP contribution in [-0.2, 0) is 11.3 Å². The first kappa shape index (κ1) is 19.7. The van der Waals surface area contributed by atoms with Gasteiger partial charge in [0.2, 0.25) is 5.91 Å². The summed E-state index contributed by atoms with van der Waals surface area (Å²) in [6.07, 6.45) is 5.65. The number of nitrogens with one attached hydrogen (secondary N) is 2. The zero-order valence-electron chi connectivity index (χ0n) is 17.6. The number of H-pyrrole nitrogens is 1. The Morgan fingerprint density at radius 3 is 2.55 bits per heavy atom. The standard InChI is InChI=1S/C25H28N4O2/c30-24-6-3-13-29(24)20-9-7-18(8-10-20)16-27-25(31)28-14-11-19(12-15-28)22-17-26-23-5-2-1-4-21(22)23/h1-2,4-5,7-10,17,19,26H,3,6,11-16H2,(H,27,31). The molecule has 0 radical (unpaired) electrons. The Kier molecular flexibility index (Phi) is 5.37. The van der Waals surface area contributed by atoms with Gasteiger partial charge in [-0.25, -0.2) is 4.79 Å². The van der Waals surface area contributed by atoms with Crippen molar-refractivity contribution in [1.29, 1.82) is 0 Å². The van der Waals surface area contributed by atoms with Crippen LogP contribution in [0.5, 0.6) is 0 Å². The monoisotopic (exact) mass is 416 g/mol. The van der Waals surface area contributed by atoms with E-state index in [0.717, 1.165) is 50.1 Å². The van der Waals surface area contributed by atoms with Gasteiger partial charge in [-0.2, -0.15) is 0 Å². The second kappa shape index (κ2) is 8.46. The van der Waals surface area contributed by atoms with E-state index in [1.54, 1.807) is 0 Å². The predicted molar refractivity (Wildman–Crippen MR) is 122 cm³/mol. The van der Waals surface area contributed by atoms with Gasteiger partial charge in [0, 0.05) is 55.4 Å². The minimum atomic E-state index is -0.00354. The van der Waals surface area contributed by atoms with Crippen molar-refractivity contribution < 1.29 is 9.59 Å². The second-order valence-corrected chi connectivity index (χ2v) is 8.53. The maximum absolute atomic E-state index is 12.7. The van der Waals surface area contributed by atoms with Gasteiger partial charge in [0.15, 0.2) is 0 Å². The highest BCUT2D eigenvalue weighted by atomic mass is 16.2. The third-order valence-electron chi connectivity index (χ3n) is 6.61. The number of carbonyl (C=O) groups excluding carboxylic acids is 2. The summed E-state index contributed by atoms with van der Waals surface area (Å²) in [4.78, 5) is 31.6. The summed E-state index contributed by atoms with van der Waals surface area (Å²) in [5.74, 6) is 0.679. The number of aromatic nitrogens is 1. The number of carbonyl (C=O) groups is 2. The molecule has 2 aliphatic heterocycles. The summed E-state index contributed by atoms with van der Waals surface area (Å²) in [6.45, 7) is 2.83. The summed E-state index contributed by atoms with van der Waals surface area (Å²) in [5, 5.41) is 4.34. The number of hydrogen-bond donors (Lipinski definition) is 2. The molecule has 0 aliphatic carbocycles. The first-order chi connectivity index (χ1) is 15.2. The summed E-state index contributed by atoms with van der Waals surface area (Å²) in [5.41, 5.74) is 4.53. The molecule has 3 heterocycles. The van der Waals surface area contributed by atoms with Crippen LogP contribution in [0.1, 0.15) is 42.7 Å². The van der Waals surface area contributed by atoms with Gasteiger partial charge >= 0.3 is 6.03 Å². The molecule has 2 aromatic carbocycles. The van der Waals surface area contributed by atoms with E-state index in [1.165, 1.54) is 16.5 Å². The quantitative estimate of drug-likeness (QED) is 0.663. The number of fused-ring (bicyclic) bond motifs is 1. The second-order valence-electron chi connectivity index (χ2n) is 8.53. The fourth-order valence-corrected chi connectivity index (χ4v) is 4.83. The number of anilines is 1. The van der Waals surface area contributed by atoms with Crippen LogP contribution in [0.25, 0.3) is 10.9 Å². The average Bonchev–Trinajstić information content (AvgIpc) is 3.44. The first-order valence-corrected chi connectivity index (χ1v) is 11.2. The van der Waals surface area contributed by atoms with Crippen LogP contribution in [0.2, 0.25) is 0 Å². The highest BCUT2D eigenvalue weighted by Gasteiger charge is 2.25. The van der Waals surface area contributed by atoms with Crippen LogP contribution < -0.4 is 10.2 Å². The van der Waals surface area contributed by atoms with E-state index in [2.05, 4.69) is 40.8 Å². The number of aromatic amines is 1. The van der Waals surface area contributed by atoms with Crippen molar-refractivity contribution in [1.82, 2.24) is 15.2 Å². The summed E-state index contributed by atoms with van der Waals surface area (Å²) in [7, 11) is 0. The molecule has 0 atom stereocenters. The van der Waals surface area contributed by atoms with E-state index < -0.39 is 0 Å². The van der Waals surface area contributed by atoms with Crippen LogP contribution >= 0.6 is 0 Å². The average molecular weight is 417 g/mol. The number of amides is 3. The fourth-order valence-electron chi connectivity index (χ4n) is 4.83. The number of rotatable bonds is 4. The molecule has 0 spiro atoms. The van der Waals surface area contributed by atoms with Crippen molar-refractivity contribution >= 4 is 28.5 Å². The Morgan fingerprint density at radius 1 is 1.03 bits per heavy atom. The van der Waals surface area contributed by atoms with Gasteiger partial charge in [0.1, 0.15) is 0 Å². The molecule has 6 heteroatoms. The van der Waals surface area contributed by atoms with Crippen LogP contribution in [0, 0.1) is 0 Å². The highest BCUT2D eigenvalue weighted by molar-refractivity contribution is 5.95. The number of likely N-dealkylation sites (tertiary alicyclic amines) is 1. The third-order valence-corrected chi connectivity index (χ3v) is 6.61. The maximum Gasteiger partial charge on any atom is 0.317 e. The Bertz CT molecular complexity index is 1080. The molecule has 2 fully saturated rings. The smallest absolute Gasteiger partial charge is 0.317 e. The summed E-state index contributed by atoms with van der Waals surface area (Å²) >= 11 is 0. The van der Waals surface area contributed by atoms with E-state index >= 15 is 0 Å². The molecule has 0 saturated carbocycles. The minimum Gasteiger partial charge on any atom is -0.361 e. The number of para-hydroxylation sites is 1. The summed E-state index contributed by atoms with van der Waals surface area (Å²) in [6, 6.07) is 16.3. The fraction of sp³-hybridized carbons (Fsp3) is 0.360. The predicted octanol–water partition coefficient (Wildman–Crippen LogP) is 4.38. The largest absolute Gasteiger partial charge is 0.361 e. The molecule has 0 bridgehead atoms. The van der Waals surface area contributed by atoms with E-state index in [1.807, 2.05) is 34.1 Å². The molecule has 2 N–H and O–H groups in total. The van der Waals surface area contributed by atoms with Crippen LogP contribution in [-0.4, -0.2) is 41.5 Å². The third kappa shape index (κ3) is 4.02. The lowest BCUT2D eigenvalue weighted by Gasteiger charge is -2.32. The van der Waals surface area contributed by atoms with E-state index in [0.29, 0.717) is 18.9 Å². The molecule has 0 unspecified atom stereocenters. The van der Waals surface area contributed by atoms with Gasteiger partial charge in [-0.05, 0) is 54.5 Å². The number of nitrogens with zero attached hydrogens (tertiary/aromatic N) is 2. The van der Waals surface area contributed by atoms with E-state index in [9.17, 15) is 9.59 Å². The number of urea groups is 1. The first-order valence-electron chi connectivity index (χ1n) is 11.2. The Morgan fingerprint density at radius 2 is 1.81 bits per heavy atom. The van der Waals surface area contributed by atoms with Crippen LogP contribution in [0.15, 0.2) is 54.7 Å². The number of piperidine rings is 1. The summed E-state index contributed by atoms with van der Waals surface area (Å²) < 4.78 is 0. The molecule has 1 aromatic heterocycles. The highest BCUT2D eigenvalue weighted by Crippen LogP contribution is 2.33. The van der Waals surface area contributed by atoms with Crippen LogP contribution in [0.3, 0.4) is 0 Å². The molecular weight excluding hydrogens is 388 g/mol. The molecule has 2 aliphatic rings. The lowest BCUT2D eigenvalue weighted by atomic mass is 9.89. The molecular formula is C25H28N4O2. The minimum absolute atomic E-state index is 0.00354. The van der Waals surface area contributed by atoms with E-state index in [4.69, 9.17) is 0 Å². The lowest BCUT2D eigenvalue weighted by Crippen LogP contribution is -2.43. The number of benzene rings is 2. The van der Waals surface area contributed by atoms with Crippen molar-refractivity contribution in [3.05, 3.63) is 65.9 Å². The zero-order valence-corrected chi connectivity index (χ0v) is 17.6. The van der Waals surface area contributed by atoms with Crippen molar-refractivity contribution in [3.8, 4) is 0 Å². The topological polar surface area (TPSA) is 68.4 Å². The SMILES string of the molecule is O=C(NCc1ccc(N2CCCC2=O)cc1)N1CCC(c2c[nH]c3ccccc23)CC1. The maximum atomic E-state index is 12.7. The molecule has 6 nitrogen and oxygen atoms in total.